The maximum absolute atomic E-state index is 12.9. The van der Waals surface area contributed by atoms with Crippen molar-refractivity contribution in [1.29, 1.82) is 0 Å². The zero-order valence-corrected chi connectivity index (χ0v) is 14.2. The van der Waals surface area contributed by atoms with Crippen LogP contribution in [0.3, 0.4) is 0 Å². The van der Waals surface area contributed by atoms with Gasteiger partial charge in [-0.3, -0.25) is 9.59 Å². The molecule has 0 saturated carbocycles. The van der Waals surface area contributed by atoms with Gasteiger partial charge in [-0.2, -0.15) is 0 Å². The van der Waals surface area contributed by atoms with Gasteiger partial charge in [0, 0.05) is 18.9 Å². The molecule has 1 amide bonds. The first-order chi connectivity index (χ1) is 11.5. The van der Waals surface area contributed by atoms with Crippen LogP contribution in [-0.4, -0.2) is 22.8 Å². The summed E-state index contributed by atoms with van der Waals surface area (Å²) < 4.78 is 12.9. The number of rotatable bonds is 8. The fraction of sp³-hybridized carbons (Fsp3) is 0.333. The highest BCUT2D eigenvalue weighted by atomic mass is 32.1. The lowest BCUT2D eigenvalue weighted by atomic mass is 10.0. The Morgan fingerprint density at radius 3 is 2.54 bits per heavy atom. The standard InChI is InChI=1S/C18H20FNO3S/c1-12(11-16(22)13-4-6-14(19)7-5-13)20-18(23)9-8-15(21)17-3-2-10-24-17/h2-7,10,12,16,22H,8-9,11H2,1H3,(H,20,23). The van der Waals surface area contributed by atoms with Crippen LogP contribution >= 0.6 is 11.3 Å². The van der Waals surface area contributed by atoms with E-state index in [4.69, 9.17) is 0 Å². The second kappa shape index (κ2) is 8.70. The molecular weight excluding hydrogens is 329 g/mol. The van der Waals surface area contributed by atoms with E-state index in [1.807, 2.05) is 5.38 Å². The Morgan fingerprint density at radius 1 is 1.21 bits per heavy atom. The second-order valence-electron chi connectivity index (χ2n) is 5.67. The molecule has 0 bridgehead atoms. The van der Waals surface area contributed by atoms with Crippen molar-refractivity contribution in [2.24, 2.45) is 0 Å². The predicted molar refractivity (Wildman–Crippen MR) is 91.5 cm³/mol. The maximum atomic E-state index is 12.9. The minimum absolute atomic E-state index is 0.0425. The zero-order valence-electron chi connectivity index (χ0n) is 13.4. The van der Waals surface area contributed by atoms with Gasteiger partial charge in [-0.1, -0.05) is 18.2 Å². The van der Waals surface area contributed by atoms with Crippen molar-refractivity contribution in [1.82, 2.24) is 5.32 Å². The van der Waals surface area contributed by atoms with Crippen molar-refractivity contribution in [2.45, 2.75) is 38.3 Å². The van der Waals surface area contributed by atoms with Crippen LogP contribution in [0.5, 0.6) is 0 Å². The van der Waals surface area contributed by atoms with Crippen LogP contribution in [0.4, 0.5) is 4.39 Å². The molecule has 0 radical (unpaired) electrons. The third kappa shape index (κ3) is 5.54. The van der Waals surface area contributed by atoms with Crippen LogP contribution in [0.15, 0.2) is 41.8 Å². The second-order valence-corrected chi connectivity index (χ2v) is 6.62. The molecule has 0 aliphatic carbocycles. The van der Waals surface area contributed by atoms with E-state index in [-0.39, 0.29) is 36.4 Å². The number of hydrogen-bond acceptors (Lipinski definition) is 4. The number of carbonyl (C=O) groups is 2. The first kappa shape index (κ1) is 18.3. The number of hydrogen-bond donors (Lipinski definition) is 2. The van der Waals surface area contributed by atoms with Crippen molar-refractivity contribution in [2.75, 3.05) is 0 Å². The van der Waals surface area contributed by atoms with Gasteiger partial charge in [-0.15, -0.1) is 11.3 Å². The van der Waals surface area contributed by atoms with Crippen LogP contribution in [0.1, 0.15) is 47.5 Å². The number of aliphatic hydroxyl groups is 1. The normalized spacial score (nSPS) is 13.3. The number of aliphatic hydroxyl groups excluding tert-OH is 1. The molecule has 2 aromatic rings. The maximum Gasteiger partial charge on any atom is 0.220 e. The summed E-state index contributed by atoms with van der Waals surface area (Å²) in [5.41, 5.74) is 0.602. The number of amides is 1. The molecule has 0 spiro atoms. The van der Waals surface area contributed by atoms with Gasteiger partial charge in [0.15, 0.2) is 5.78 Å². The smallest absolute Gasteiger partial charge is 0.220 e. The van der Waals surface area contributed by atoms with Crippen molar-refractivity contribution in [3.05, 3.63) is 58.0 Å². The number of thiophene rings is 1. The summed E-state index contributed by atoms with van der Waals surface area (Å²) in [5.74, 6) is -0.624. The third-order valence-electron chi connectivity index (χ3n) is 3.61. The molecule has 6 heteroatoms. The highest BCUT2D eigenvalue weighted by Crippen LogP contribution is 2.19. The molecule has 0 aliphatic heterocycles. The van der Waals surface area contributed by atoms with Gasteiger partial charge in [-0.05, 0) is 42.5 Å². The van der Waals surface area contributed by atoms with Gasteiger partial charge < -0.3 is 10.4 Å². The minimum atomic E-state index is -0.784. The van der Waals surface area contributed by atoms with Gasteiger partial charge in [0.25, 0.3) is 0 Å². The highest BCUT2D eigenvalue weighted by molar-refractivity contribution is 7.12. The van der Waals surface area contributed by atoms with Gasteiger partial charge in [0.1, 0.15) is 5.82 Å². The summed E-state index contributed by atoms with van der Waals surface area (Å²) in [6.07, 6.45) is -0.183. The Hall–Kier alpha value is -2.05. The predicted octanol–water partition coefficient (Wildman–Crippen LogP) is 3.48. The fourth-order valence-corrected chi connectivity index (χ4v) is 3.04. The zero-order chi connectivity index (χ0) is 17.5. The van der Waals surface area contributed by atoms with E-state index in [0.717, 1.165) is 0 Å². The average molecular weight is 349 g/mol. The minimum Gasteiger partial charge on any atom is -0.388 e. The van der Waals surface area contributed by atoms with E-state index in [9.17, 15) is 19.1 Å². The molecule has 0 aliphatic rings. The summed E-state index contributed by atoms with van der Waals surface area (Å²) >= 11 is 1.36. The molecule has 2 N–H and O–H groups in total. The summed E-state index contributed by atoms with van der Waals surface area (Å²) in [6, 6.07) is 8.91. The summed E-state index contributed by atoms with van der Waals surface area (Å²) in [4.78, 5) is 24.4. The Labute approximate surface area is 144 Å². The molecule has 1 heterocycles. The molecule has 128 valence electrons. The van der Waals surface area contributed by atoms with Crippen molar-refractivity contribution in [3.8, 4) is 0 Å². The molecule has 0 saturated heterocycles. The van der Waals surface area contributed by atoms with E-state index < -0.39 is 6.10 Å². The van der Waals surface area contributed by atoms with Crippen LogP contribution < -0.4 is 5.32 Å². The van der Waals surface area contributed by atoms with Crippen molar-refractivity contribution >= 4 is 23.0 Å². The SMILES string of the molecule is CC(CC(O)c1ccc(F)cc1)NC(=O)CCC(=O)c1cccs1. The van der Waals surface area contributed by atoms with Gasteiger partial charge in [0.2, 0.25) is 5.91 Å². The van der Waals surface area contributed by atoms with E-state index >= 15 is 0 Å². The molecular formula is C18H20FNO3S. The van der Waals surface area contributed by atoms with Gasteiger partial charge >= 0.3 is 0 Å². The molecule has 4 nitrogen and oxygen atoms in total. The topological polar surface area (TPSA) is 66.4 Å². The molecule has 2 rings (SSSR count). The number of ketones is 1. The monoisotopic (exact) mass is 349 g/mol. The summed E-state index contributed by atoms with van der Waals surface area (Å²) in [7, 11) is 0. The largest absolute Gasteiger partial charge is 0.388 e. The molecule has 1 aromatic carbocycles. The average Bonchev–Trinajstić information content (AvgIpc) is 3.07. The lowest BCUT2D eigenvalue weighted by molar-refractivity contribution is -0.121. The quantitative estimate of drug-likeness (QED) is 0.717. The highest BCUT2D eigenvalue weighted by Gasteiger charge is 2.16. The molecule has 2 unspecified atom stereocenters. The number of nitrogens with one attached hydrogen (secondary N) is 1. The summed E-state index contributed by atoms with van der Waals surface area (Å²) in [5, 5.41) is 14.7. The van der Waals surface area contributed by atoms with Crippen LogP contribution in [0.25, 0.3) is 0 Å². The molecule has 2 atom stereocenters. The van der Waals surface area contributed by atoms with Crippen LogP contribution in [-0.2, 0) is 4.79 Å². The Kier molecular flexibility index (Phi) is 6.63. The Morgan fingerprint density at radius 2 is 1.92 bits per heavy atom. The summed E-state index contributed by atoms with van der Waals surface area (Å²) in [6.45, 7) is 1.78. The third-order valence-corrected chi connectivity index (χ3v) is 4.53. The van der Waals surface area contributed by atoms with Gasteiger partial charge in [-0.25, -0.2) is 4.39 Å². The molecule has 24 heavy (non-hydrogen) atoms. The molecule has 1 aromatic heterocycles. The van der Waals surface area contributed by atoms with E-state index in [0.29, 0.717) is 16.9 Å². The Bertz CT molecular complexity index is 670. The van der Waals surface area contributed by atoms with E-state index in [1.165, 1.54) is 35.6 Å². The van der Waals surface area contributed by atoms with Gasteiger partial charge in [0.05, 0.1) is 11.0 Å². The number of Topliss-reactive ketones (excluding diaryl/α,β-unsaturated/α-hetero) is 1. The number of benzene rings is 1. The first-order valence-corrected chi connectivity index (χ1v) is 8.63. The van der Waals surface area contributed by atoms with Crippen LogP contribution in [0, 0.1) is 5.82 Å². The lowest BCUT2D eigenvalue weighted by Crippen LogP contribution is -2.33. The molecule has 0 fully saturated rings. The first-order valence-electron chi connectivity index (χ1n) is 7.75. The van der Waals surface area contributed by atoms with Crippen molar-refractivity contribution in [3.63, 3.8) is 0 Å². The van der Waals surface area contributed by atoms with Crippen LogP contribution in [0.2, 0.25) is 0 Å². The van der Waals surface area contributed by atoms with E-state index in [2.05, 4.69) is 5.32 Å². The van der Waals surface area contributed by atoms with E-state index in [1.54, 1.807) is 19.1 Å². The number of carbonyl (C=O) groups excluding carboxylic acids is 2. The Balaban J connectivity index is 1.74. The number of halogens is 1. The lowest BCUT2D eigenvalue weighted by Gasteiger charge is -2.18. The van der Waals surface area contributed by atoms with Crippen molar-refractivity contribution < 1.29 is 19.1 Å². The fourth-order valence-electron chi connectivity index (χ4n) is 2.35.